The van der Waals surface area contributed by atoms with Crippen molar-refractivity contribution in [3.63, 3.8) is 0 Å². The Labute approximate surface area is 108 Å². The first-order chi connectivity index (χ1) is 9.24. The van der Waals surface area contributed by atoms with Gasteiger partial charge in [-0.3, -0.25) is 0 Å². The van der Waals surface area contributed by atoms with E-state index in [1.807, 2.05) is 31.2 Å². The minimum atomic E-state index is -0.309. The van der Waals surface area contributed by atoms with E-state index in [0.29, 0.717) is 5.58 Å². The zero-order valence-electron chi connectivity index (χ0n) is 10.4. The molecule has 4 rings (SSSR count). The molecule has 2 heterocycles. The fourth-order valence-electron chi connectivity index (χ4n) is 2.69. The first-order valence-corrected chi connectivity index (χ1v) is 6.18. The second-order valence-corrected chi connectivity index (χ2v) is 4.78. The summed E-state index contributed by atoms with van der Waals surface area (Å²) in [5, 5.41) is 3.19. The summed E-state index contributed by atoms with van der Waals surface area (Å²) >= 11 is 0. The number of aryl methyl sites for hydroxylation is 1. The number of hydrogen-bond donors (Lipinski definition) is 1. The SMILES string of the molecule is Cc1cc(=O)oc2c1ccc1c3ccccc3[nH]c12. The summed E-state index contributed by atoms with van der Waals surface area (Å²) in [5.74, 6) is 0. The minimum absolute atomic E-state index is 0.309. The molecule has 0 aliphatic rings. The molecule has 0 aliphatic carbocycles. The van der Waals surface area contributed by atoms with Crippen LogP contribution < -0.4 is 5.63 Å². The van der Waals surface area contributed by atoms with E-state index in [2.05, 4.69) is 17.1 Å². The molecule has 2 aromatic heterocycles. The number of rotatable bonds is 0. The molecule has 3 nitrogen and oxygen atoms in total. The largest absolute Gasteiger partial charge is 0.420 e. The summed E-state index contributed by atoms with van der Waals surface area (Å²) in [6.07, 6.45) is 0. The second-order valence-electron chi connectivity index (χ2n) is 4.78. The van der Waals surface area contributed by atoms with Crippen LogP contribution in [-0.2, 0) is 0 Å². The summed E-state index contributed by atoms with van der Waals surface area (Å²) in [7, 11) is 0. The van der Waals surface area contributed by atoms with Crippen LogP contribution in [0, 0.1) is 6.92 Å². The molecule has 0 fully saturated rings. The van der Waals surface area contributed by atoms with E-state index in [1.165, 1.54) is 6.07 Å². The third-order valence-electron chi connectivity index (χ3n) is 3.60. The summed E-state index contributed by atoms with van der Waals surface area (Å²) < 4.78 is 5.40. The van der Waals surface area contributed by atoms with Gasteiger partial charge in [0.2, 0.25) is 0 Å². The fourth-order valence-corrected chi connectivity index (χ4v) is 2.69. The van der Waals surface area contributed by atoms with E-state index in [1.54, 1.807) is 0 Å². The predicted octanol–water partition coefficient (Wildman–Crippen LogP) is 3.74. The van der Waals surface area contributed by atoms with Crippen molar-refractivity contribution in [2.45, 2.75) is 6.92 Å². The van der Waals surface area contributed by atoms with Gasteiger partial charge < -0.3 is 9.40 Å². The number of nitrogens with one attached hydrogen (secondary N) is 1. The summed E-state index contributed by atoms with van der Waals surface area (Å²) in [5.41, 5.74) is 3.20. The van der Waals surface area contributed by atoms with Crippen LogP contribution in [0.1, 0.15) is 5.56 Å². The second kappa shape index (κ2) is 3.48. The van der Waals surface area contributed by atoms with Crippen LogP contribution in [0.15, 0.2) is 51.7 Å². The molecule has 1 N–H and O–H groups in total. The Balaban J connectivity index is 2.34. The molecule has 0 saturated heterocycles. The Morgan fingerprint density at radius 3 is 2.68 bits per heavy atom. The zero-order valence-corrected chi connectivity index (χ0v) is 10.4. The van der Waals surface area contributed by atoms with Crippen LogP contribution in [0.4, 0.5) is 0 Å². The van der Waals surface area contributed by atoms with Gasteiger partial charge in [-0.2, -0.15) is 0 Å². The van der Waals surface area contributed by atoms with Crippen molar-refractivity contribution < 1.29 is 4.42 Å². The average molecular weight is 249 g/mol. The van der Waals surface area contributed by atoms with Crippen molar-refractivity contribution in [3.05, 3.63) is 58.4 Å². The van der Waals surface area contributed by atoms with E-state index in [0.717, 1.165) is 32.8 Å². The molecule has 2 aromatic carbocycles. The Hall–Kier alpha value is -2.55. The smallest absolute Gasteiger partial charge is 0.336 e. The highest BCUT2D eigenvalue weighted by Crippen LogP contribution is 2.31. The van der Waals surface area contributed by atoms with Gasteiger partial charge in [-0.1, -0.05) is 30.3 Å². The Kier molecular flexibility index (Phi) is 1.90. The lowest BCUT2D eigenvalue weighted by molar-refractivity contribution is 0.562. The highest BCUT2D eigenvalue weighted by molar-refractivity contribution is 6.15. The summed E-state index contributed by atoms with van der Waals surface area (Å²) in [6.45, 7) is 1.92. The number of hydrogen-bond acceptors (Lipinski definition) is 2. The number of aromatic amines is 1. The quantitative estimate of drug-likeness (QED) is 0.482. The van der Waals surface area contributed by atoms with Gasteiger partial charge in [-0.25, -0.2) is 4.79 Å². The number of fused-ring (bicyclic) bond motifs is 5. The maximum absolute atomic E-state index is 11.6. The molecule has 0 spiro atoms. The third-order valence-corrected chi connectivity index (χ3v) is 3.60. The van der Waals surface area contributed by atoms with Crippen molar-refractivity contribution >= 4 is 32.8 Å². The molecule has 4 aromatic rings. The van der Waals surface area contributed by atoms with Crippen LogP contribution in [0.5, 0.6) is 0 Å². The predicted molar refractivity (Wildman–Crippen MR) is 76.6 cm³/mol. The zero-order chi connectivity index (χ0) is 13.0. The molecule has 0 bridgehead atoms. The molecule has 92 valence electrons. The molecule has 0 aliphatic heterocycles. The van der Waals surface area contributed by atoms with E-state index < -0.39 is 0 Å². The first kappa shape index (κ1) is 10.4. The van der Waals surface area contributed by atoms with Crippen LogP contribution in [0.2, 0.25) is 0 Å². The van der Waals surface area contributed by atoms with Gasteiger partial charge in [0.15, 0.2) is 5.58 Å². The fraction of sp³-hybridized carbons (Fsp3) is 0.0625. The van der Waals surface area contributed by atoms with Gasteiger partial charge in [0, 0.05) is 27.7 Å². The third kappa shape index (κ3) is 1.35. The number of H-pyrrole nitrogens is 1. The van der Waals surface area contributed by atoms with Crippen molar-refractivity contribution in [1.29, 1.82) is 0 Å². The molecule has 0 amide bonds. The number of benzene rings is 2. The number of para-hydroxylation sites is 1. The van der Waals surface area contributed by atoms with E-state index in [9.17, 15) is 4.79 Å². The van der Waals surface area contributed by atoms with Crippen LogP contribution in [0.25, 0.3) is 32.8 Å². The van der Waals surface area contributed by atoms with Gasteiger partial charge in [0.05, 0.1) is 5.52 Å². The van der Waals surface area contributed by atoms with Crippen LogP contribution in [0.3, 0.4) is 0 Å². The molecule has 0 radical (unpaired) electrons. The molecule has 0 atom stereocenters. The minimum Gasteiger partial charge on any atom is -0.420 e. The van der Waals surface area contributed by atoms with Crippen molar-refractivity contribution in [3.8, 4) is 0 Å². The van der Waals surface area contributed by atoms with Gasteiger partial charge in [-0.05, 0) is 18.6 Å². The molecular formula is C16H11NO2. The Morgan fingerprint density at radius 1 is 1.00 bits per heavy atom. The van der Waals surface area contributed by atoms with Crippen molar-refractivity contribution in [2.24, 2.45) is 0 Å². The topological polar surface area (TPSA) is 46.0 Å². The van der Waals surface area contributed by atoms with Gasteiger partial charge in [-0.15, -0.1) is 0 Å². The van der Waals surface area contributed by atoms with Gasteiger partial charge in [0.25, 0.3) is 0 Å². The van der Waals surface area contributed by atoms with E-state index in [4.69, 9.17) is 4.42 Å². The highest BCUT2D eigenvalue weighted by Gasteiger charge is 2.10. The monoisotopic (exact) mass is 249 g/mol. The molecule has 0 saturated carbocycles. The molecule has 3 heteroatoms. The molecule has 19 heavy (non-hydrogen) atoms. The number of aromatic nitrogens is 1. The lowest BCUT2D eigenvalue weighted by Gasteiger charge is -2.01. The van der Waals surface area contributed by atoms with Crippen molar-refractivity contribution in [1.82, 2.24) is 4.98 Å². The molecule has 0 unspecified atom stereocenters. The Morgan fingerprint density at radius 2 is 1.79 bits per heavy atom. The van der Waals surface area contributed by atoms with E-state index >= 15 is 0 Å². The maximum atomic E-state index is 11.6. The van der Waals surface area contributed by atoms with Gasteiger partial charge in [0.1, 0.15) is 0 Å². The van der Waals surface area contributed by atoms with Crippen LogP contribution in [-0.4, -0.2) is 4.98 Å². The maximum Gasteiger partial charge on any atom is 0.336 e. The highest BCUT2D eigenvalue weighted by atomic mass is 16.4. The summed E-state index contributed by atoms with van der Waals surface area (Å²) in [6, 6.07) is 13.7. The van der Waals surface area contributed by atoms with Crippen LogP contribution >= 0.6 is 0 Å². The van der Waals surface area contributed by atoms with Crippen molar-refractivity contribution in [2.75, 3.05) is 0 Å². The lowest BCUT2D eigenvalue weighted by Crippen LogP contribution is -1.97. The molecular weight excluding hydrogens is 238 g/mol. The van der Waals surface area contributed by atoms with Gasteiger partial charge >= 0.3 is 5.63 Å². The Bertz CT molecular complexity index is 992. The standard InChI is InChI=1S/C16H11NO2/c1-9-8-14(18)19-16-10(9)6-7-12-11-4-2-3-5-13(11)17-15(12)16/h2-8,17H,1H3. The van der Waals surface area contributed by atoms with E-state index in [-0.39, 0.29) is 5.63 Å². The summed E-state index contributed by atoms with van der Waals surface area (Å²) in [4.78, 5) is 14.9. The average Bonchev–Trinajstić information content (AvgIpc) is 2.77. The first-order valence-electron chi connectivity index (χ1n) is 6.18. The normalized spacial score (nSPS) is 11.6. The lowest BCUT2D eigenvalue weighted by atomic mass is 10.1.